The van der Waals surface area contributed by atoms with E-state index in [4.69, 9.17) is 4.74 Å². The van der Waals surface area contributed by atoms with Crippen LogP contribution in [-0.4, -0.2) is 13.1 Å². The first-order chi connectivity index (χ1) is 11.4. The largest absolute Gasteiger partial charge is 0.457 e. The van der Waals surface area contributed by atoms with Gasteiger partial charge in [0.1, 0.15) is 11.5 Å². The molecule has 1 fully saturated rings. The zero-order valence-electron chi connectivity index (χ0n) is 13.3. The average molecular weight is 422 g/mol. The van der Waals surface area contributed by atoms with Crippen LogP contribution in [0.4, 0.5) is 5.69 Å². The standard InChI is InChI=1S/C19H23IN2O/c20-21-15-17-18(22-13-6-1-2-7-14-22)11-8-12-19(17)23-16-9-4-3-5-10-16/h3-5,8-12,21H,1-2,6-7,13-15H2. The molecule has 23 heavy (non-hydrogen) atoms. The third kappa shape index (κ3) is 4.38. The van der Waals surface area contributed by atoms with Crippen LogP contribution in [0.3, 0.4) is 0 Å². The number of anilines is 1. The summed E-state index contributed by atoms with van der Waals surface area (Å²) < 4.78 is 9.42. The maximum absolute atomic E-state index is 6.15. The molecule has 0 atom stereocenters. The second-order valence-electron chi connectivity index (χ2n) is 5.88. The summed E-state index contributed by atoms with van der Waals surface area (Å²) in [4.78, 5) is 2.52. The molecule has 0 saturated carbocycles. The van der Waals surface area contributed by atoms with Crippen molar-refractivity contribution in [3.05, 3.63) is 54.1 Å². The van der Waals surface area contributed by atoms with E-state index in [1.165, 1.54) is 36.9 Å². The molecule has 122 valence electrons. The summed E-state index contributed by atoms with van der Waals surface area (Å²) in [6.45, 7) is 3.08. The van der Waals surface area contributed by atoms with E-state index >= 15 is 0 Å². The number of ether oxygens (including phenoxy) is 1. The highest BCUT2D eigenvalue weighted by molar-refractivity contribution is 14.1. The van der Waals surface area contributed by atoms with Crippen LogP contribution in [0.1, 0.15) is 31.2 Å². The molecule has 1 heterocycles. The van der Waals surface area contributed by atoms with Crippen molar-refractivity contribution in [2.24, 2.45) is 0 Å². The van der Waals surface area contributed by atoms with Crippen molar-refractivity contribution in [3.63, 3.8) is 0 Å². The van der Waals surface area contributed by atoms with Crippen molar-refractivity contribution >= 4 is 28.6 Å². The molecule has 2 aromatic carbocycles. The summed E-state index contributed by atoms with van der Waals surface area (Å²) in [5.41, 5.74) is 2.55. The fraction of sp³-hybridized carbons (Fsp3) is 0.368. The molecule has 3 rings (SSSR count). The SMILES string of the molecule is INCc1c(Oc2ccccc2)cccc1N1CCCCCC1. The molecular formula is C19H23IN2O. The lowest BCUT2D eigenvalue weighted by Crippen LogP contribution is -2.25. The van der Waals surface area contributed by atoms with Gasteiger partial charge in [0, 0.05) is 53.7 Å². The Balaban J connectivity index is 1.91. The molecule has 0 unspecified atom stereocenters. The highest BCUT2D eigenvalue weighted by atomic mass is 127. The molecule has 1 aliphatic heterocycles. The van der Waals surface area contributed by atoms with Crippen LogP contribution in [0.25, 0.3) is 0 Å². The first kappa shape index (κ1) is 16.6. The fourth-order valence-corrected chi connectivity index (χ4v) is 3.50. The van der Waals surface area contributed by atoms with Gasteiger partial charge in [0.15, 0.2) is 0 Å². The average Bonchev–Trinajstić information content (AvgIpc) is 2.87. The van der Waals surface area contributed by atoms with Crippen LogP contribution in [0.15, 0.2) is 48.5 Å². The van der Waals surface area contributed by atoms with Gasteiger partial charge in [0.05, 0.1) is 0 Å². The number of nitrogens with zero attached hydrogens (tertiary/aromatic N) is 1. The van der Waals surface area contributed by atoms with Gasteiger partial charge in [-0.3, -0.25) is 3.53 Å². The number of para-hydroxylation sites is 1. The van der Waals surface area contributed by atoms with Gasteiger partial charge in [-0.05, 0) is 37.1 Å². The molecule has 0 spiro atoms. The second-order valence-corrected chi connectivity index (χ2v) is 6.64. The van der Waals surface area contributed by atoms with Crippen LogP contribution < -0.4 is 13.2 Å². The monoisotopic (exact) mass is 422 g/mol. The van der Waals surface area contributed by atoms with E-state index in [9.17, 15) is 0 Å². The lowest BCUT2D eigenvalue weighted by atomic mass is 10.1. The highest BCUT2D eigenvalue weighted by Crippen LogP contribution is 2.34. The molecule has 0 aromatic heterocycles. The summed E-state index contributed by atoms with van der Waals surface area (Å²) in [6.07, 6.45) is 5.24. The van der Waals surface area contributed by atoms with Crippen molar-refractivity contribution in [3.8, 4) is 11.5 Å². The van der Waals surface area contributed by atoms with Gasteiger partial charge >= 0.3 is 0 Å². The van der Waals surface area contributed by atoms with Gasteiger partial charge in [0.25, 0.3) is 0 Å². The molecule has 0 aliphatic carbocycles. The molecule has 2 aromatic rings. The van der Waals surface area contributed by atoms with Gasteiger partial charge in [-0.2, -0.15) is 0 Å². The summed E-state index contributed by atoms with van der Waals surface area (Å²) in [7, 11) is 0. The van der Waals surface area contributed by atoms with Gasteiger partial charge < -0.3 is 9.64 Å². The molecule has 0 radical (unpaired) electrons. The Bertz CT molecular complexity index is 610. The predicted octanol–water partition coefficient (Wildman–Crippen LogP) is 5.30. The van der Waals surface area contributed by atoms with Crippen molar-refractivity contribution in [1.82, 2.24) is 3.53 Å². The normalized spacial score (nSPS) is 15.3. The number of hydrogen-bond acceptors (Lipinski definition) is 3. The molecular weight excluding hydrogens is 399 g/mol. The van der Waals surface area contributed by atoms with E-state index in [-0.39, 0.29) is 0 Å². The molecule has 1 saturated heterocycles. The predicted molar refractivity (Wildman–Crippen MR) is 104 cm³/mol. The minimum atomic E-state index is 0.801. The van der Waals surface area contributed by atoms with Gasteiger partial charge in [-0.25, -0.2) is 0 Å². The molecule has 3 nitrogen and oxygen atoms in total. The number of halogens is 1. The number of benzene rings is 2. The Kier molecular flexibility index (Phi) is 6.16. The Morgan fingerprint density at radius 1 is 0.913 bits per heavy atom. The molecule has 0 bridgehead atoms. The summed E-state index contributed by atoms with van der Waals surface area (Å²) in [5.74, 6) is 1.83. The minimum Gasteiger partial charge on any atom is -0.457 e. The molecule has 1 aliphatic rings. The minimum absolute atomic E-state index is 0.801. The van der Waals surface area contributed by atoms with Gasteiger partial charge in [-0.1, -0.05) is 37.1 Å². The van der Waals surface area contributed by atoms with E-state index in [0.29, 0.717) is 0 Å². The van der Waals surface area contributed by atoms with E-state index in [2.05, 4.69) is 49.5 Å². The van der Waals surface area contributed by atoms with Crippen LogP contribution in [0.2, 0.25) is 0 Å². The number of nitrogens with one attached hydrogen (secondary N) is 1. The highest BCUT2D eigenvalue weighted by Gasteiger charge is 2.17. The van der Waals surface area contributed by atoms with Crippen molar-refractivity contribution in [2.45, 2.75) is 32.2 Å². The lowest BCUT2D eigenvalue weighted by Gasteiger charge is -2.26. The third-order valence-corrected chi connectivity index (χ3v) is 4.65. The first-order valence-corrected chi connectivity index (χ1v) is 9.39. The Morgan fingerprint density at radius 2 is 1.65 bits per heavy atom. The van der Waals surface area contributed by atoms with Crippen molar-refractivity contribution < 1.29 is 4.74 Å². The maximum Gasteiger partial charge on any atom is 0.134 e. The summed E-state index contributed by atoms with van der Waals surface area (Å²) in [5, 5.41) is 0. The molecule has 4 heteroatoms. The molecule has 0 amide bonds. The Morgan fingerprint density at radius 3 is 2.35 bits per heavy atom. The smallest absolute Gasteiger partial charge is 0.134 e. The maximum atomic E-state index is 6.15. The Labute approximate surface area is 152 Å². The van der Waals surface area contributed by atoms with Crippen LogP contribution >= 0.6 is 22.9 Å². The van der Waals surface area contributed by atoms with E-state index < -0.39 is 0 Å². The first-order valence-electron chi connectivity index (χ1n) is 8.32. The van der Waals surface area contributed by atoms with Crippen LogP contribution in [0.5, 0.6) is 11.5 Å². The molecule has 1 N–H and O–H groups in total. The lowest BCUT2D eigenvalue weighted by molar-refractivity contribution is 0.476. The Hall–Kier alpha value is -1.27. The van der Waals surface area contributed by atoms with Crippen LogP contribution in [-0.2, 0) is 6.54 Å². The second kappa shape index (κ2) is 8.55. The van der Waals surface area contributed by atoms with E-state index in [1.54, 1.807) is 0 Å². The van der Waals surface area contributed by atoms with Gasteiger partial charge in [0.2, 0.25) is 0 Å². The number of rotatable bonds is 5. The van der Waals surface area contributed by atoms with Crippen molar-refractivity contribution in [2.75, 3.05) is 18.0 Å². The van der Waals surface area contributed by atoms with E-state index in [0.717, 1.165) is 31.1 Å². The fourth-order valence-electron chi connectivity index (χ4n) is 3.12. The van der Waals surface area contributed by atoms with Crippen molar-refractivity contribution in [1.29, 1.82) is 0 Å². The zero-order valence-corrected chi connectivity index (χ0v) is 15.5. The summed E-state index contributed by atoms with van der Waals surface area (Å²) >= 11 is 2.21. The summed E-state index contributed by atoms with van der Waals surface area (Å²) in [6, 6.07) is 16.4. The van der Waals surface area contributed by atoms with Crippen LogP contribution in [0, 0.1) is 0 Å². The van der Waals surface area contributed by atoms with E-state index in [1.807, 2.05) is 30.3 Å². The topological polar surface area (TPSA) is 24.5 Å². The van der Waals surface area contributed by atoms with Gasteiger partial charge in [-0.15, -0.1) is 0 Å². The zero-order chi connectivity index (χ0) is 15.9. The third-order valence-electron chi connectivity index (χ3n) is 4.27. The quantitative estimate of drug-likeness (QED) is 0.523. The number of hydrogen-bond donors (Lipinski definition) is 1.